The van der Waals surface area contributed by atoms with E-state index in [9.17, 15) is 0 Å². The summed E-state index contributed by atoms with van der Waals surface area (Å²) in [7, 11) is -0.294. The Hall–Kier alpha value is -1.66. The van der Waals surface area contributed by atoms with Crippen molar-refractivity contribution in [2.24, 2.45) is 0 Å². The van der Waals surface area contributed by atoms with E-state index in [-0.39, 0.29) is 18.3 Å². The van der Waals surface area contributed by atoms with Gasteiger partial charge in [-0.3, -0.25) is 0 Å². The normalized spacial score (nSPS) is 24.9. The SMILES string of the molecule is CC1(C)OB(c2ccc(C3Cc4nncn4C3)cc2)OC1(C)C. The number of nitrogens with zero attached hydrogens (tertiary/aromatic N) is 3. The molecule has 1 fully saturated rings. The van der Waals surface area contributed by atoms with Crippen molar-refractivity contribution in [2.45, 2.75) is 57.8 Å². The van der Waals surface area contributed by atoms with Gasteiger partial charge in [0.15, 0.2) is 0 Å². The summed E-state index contributed by atoms with van der Waals surface area (Å²) in [4.78, 5) is 0. The van der Waals surface area contributed by atoms with Crippen molar-refractivity contribution in [3.8, 4) is 0 Å². The molecule has 2 aliphatic heterocycles. The smallest absolute Gasteiger partial charge is 0.399 e. The Labute approximate surface area is 137 Å². The Morgan fingerprint density at radius 1 is 1.09 bits per heavy atom. The lowest BCUT2D eigenvalue weighted by Crippen LogP contribution is -2.41. The van der Waals surface area contributed by atoms with E-state index in [1.54, 1.807) is 0 Å². The van der Waals surface area contributed by atoms with Gasteiger partial charge in [-0.15, -0.1) is 10.2 Å². The lowest BCUT2D eigenvalue weighted by molar-refractivity contribution is 0.00578. The van der Waals surface area contributed by atoms with E-state index in [4.69, 9.17) is 9.31 Å². The zero-order valence-corrected chi connectivity index (χ0v) is 14.1. The second kappa shape index (κ2) is 4.92. The van der Waals surface area contributed by atoms with Crippen LogP contribution in [-0.4, -0.2) is 33.1 Å². The van der Waals surface area contributed by atoms with Crippen molar-refractivity contribution >= 4 is 12.6 Å². The van der Waals surface area contributed by atoms with Crippen LogP contribution in [0.2, 0.25) is 0 Å². The lowest BCUT2D eigenvalue weighted by atomic mass is 9.78. The predicted octanol–water partition coefficient (Wildman–Crippen LogP) is 1.92. The average molecular weight is 311 g/mol. The van der Waals surface area contributed by atoms with Crippen LogP contribution in [0.3, 0.4) is 0 Å². The van der Waals surface area contributed by atoms with Crippen LogP contribution in [0.5, 0.6) is 0 Å². The van der Waals surface area contributed by atoms with Crippen LogP contribution >= 0.6 is 0 Å². The Morgan fingerprint density at radius 3 is 2.35 bits per heavy atom. The largest absolute Gasteiger partial charge is 0.494 e. The molecule has 1 unspecified atom stereocenters. The van der Waals surface area contributed by atoms with Gasteiger partial charge in [0.25, 0.3) is 0 Å². The van der Waals surface area contributed by atoms with Gasteiger partial charge in [0.1, 0.15) is 12.2 Å². The van der Waals surface area contributed by atoms with Gasteiger partial charge in [0.2, 0.25) is 0 Å². The molecule has 1 saturated heterocycles. The second-order valence-corrected chi connectivity index (χ2v) is 7.56. The number of fused-ring (bicyclic) bond motifs is 1. The minimum atomic E-state index is -0.302. The third kappa shape index (κ3) is 2.41. The number of aromatic nitrogens is 3. The monoisotopic (exact) mass is 311 g/mol. The topological polar surface area (TPSA) is 49.2 Å². The summed E-state index contributed by atoms with van der Waals surface area (Å²) in [6.45, 7) is 9.27. The van der Waals surface area contributed by atoms with Gasteiger partial charge in [-0.1, -0.05) is 24.3 Å². The molecule has 0 radical (unpaired) electrons. The highest BCUT2D eigenvalue weighted by molar-refractivity contribution is 6.62. The van der Waals surface area contributed by atoms with E-state index in [1.807, 2.05) is 6.33 Å². The summed E-state index contributed by atoms with van der Waals surface area (Å²) >= 11 is 0. The maximum absolute atomic E-state index is 6.11. The molecule has 0 N–H and O–H groups in total. The van der Waals surface area contributed by atoms with Crippen molar-refractivity contribution < 1.29 is 9.31 Å². The van der Waals surface area contributed by atoms with Crippen molar-refractivity contribution in [2.75, 3.05) is 0 Å². The van der Waals surface area contributed by atoms with Gasteiger partial charge in [-0.2, -0.15) is 0 Å². The zero-order valence-electron chi connectivity index (χ0n) is 14.1. The molecule has 0 saturated carbocycles. The fourth-order valence-electron chi connectivity index (χ4n) is 3.24. The van der Waals surface area contributed by atoms with Gasteiger partial charge in [0, 0.05) is 18.9 Å². The fraction of sp³-hybridized carbons (Fsp3) is 0.529. The van der Waals surface area contributed by atoms with E-state index in [1.165, 1.54) is 5.56 Å². The van der Waals surface area contributed by atoms with Gasteiger partial charge >= 0.3 is 7.12 Å². The lowest BCUT2D eigenvalue weighted by Gasteiger charge is -2.32. The molecule has 5 nitrogen and oxygen atoms in total. The quantitative estimate of drug-likeness (QED) is 0.795. The van der Waals surface area contributed by atoms with E-state index < -0.39 is 0 Å². The maximum atomic E-state index is 6.11. The van der Waals surface area contributed by atoms with Crippen LogP contribution in [-0.2, 0) is 22.3 Å². The van der Waals surface area contributed by atoms with Crippen molar-refractivity contribution in [3.05, 3.63) is 42.0 Å². The van der Waals surface area contributed by atoms with Gasteiger partial charge in [-0.25, -0.2) is 0 Å². The maximum Gasteiger partial charge on any atom is 0.494 e. The molecule has 6 heteroatoms. The summed E-state index contributed by atoms with van der Waals surface area (Å²) < 4.78 is 14.4. The molecule has 3 heterocycles. The van der Waals surface area contributed by atoms with Crippen molar-refractivity contribution in [3.63, 3.8) is 0 Å². The molecule has 1 aromatic heterocycles. The third-order valence-corrected chi connectivity index (χ3v) is 5.48. The highest BCUT2D eigenvalue weighted by Crippen LogP contribution is 2.36. The Balaban J connectivity index is 1.50. The molecule has 0 bridgehead atoms. The van der Waals surface area contributed by atoms with Gasteiger partial charge < -0.3 is 13.9 Å². The molecule has 23 heavy (non-hydrogen) atoms. The minimum absolute atomic E-state index is 0.294. The van der Waals surface area contributed by atoms with Crippen molar-refractivity contribution in [1.82, 2.24) is 14.8 Å². The Morgan fingerprint density at radius 2 is 1.74 bits per heavy atom. The summed E-state index contributed by atoms with van der Waals surface area (Å²) in [6.07, 6.45) is 2.77. The van der Waals surface area contributed by atoms with Gasteiger partial charge in [0.05, 0.1) is 11.2 Å². The molecule has 2 aromatic rings. The molecule has 120 valence electrons. The third-order valence-electron chi connectivity index (χ3n) is 5.48. The molecule has 1 aromatic carbocycles. The van der Waals surface area contributed by atoms with Crippen LogP contribution in [0.1, 0.15) is 45.0 Å². The number of hydrogen-bond acceptors (Lipinski definition) is 4. The van der Waals surface area contributed by atoms with Crippen LogP contribution in [0.25, 0.3) is 0 Å². The first-order chi connectivity index (χ1) is 10.9. The van der Waals surface area contributed by atoms with E-state index >= 15 is 0 Å². The number of rotatable bonds is 2. The number of benzene rings is 1. The summed E-state index contributed by atoms with van der Waals surface area (Å²) in [6, 6.07) is 8.61. The van der Waals surface area contributed by atoms with Gasteiger partial charge in [-0.05, 0) is 38.7 Å². The fourth-order valence-corrected chi connectivity index (χ4v) is 3.24. The molecule has 4 rings (SSSR count). The molecule has 0 spiro atoms. The Kier molecular flexibility index (Phi) is 3.19. The van der Waals surface area contributed by atoms with Crippen LogP contribution in [0, 0.1) is 0 Å². The van der Waals surface area contributed by atoms with Crippen LogP contribution in [0.15, 0.2) is 30.6 Å². The highest BCUT2D eigenvalue weighted by Gasteiger charge is 2.51. The first kappa shape index (κ1) is 14.9. The number of hydrogen-bond donors (Lipinski definition) is 0. The summed E-state index contributed by atoms with van der Waals surface area (Å²) in [5.41, 5.74) is 1.80. The first-order valence-corrected chi connectivity index (χ1v) is 8.18. The standard InChI is InChI=1S/C17H22BN3O2/c1-16(2)17(3,4)23-18(22-16)14-7-5-12(6-8-14)13-9-15-20-19-11-21(15)10-13/h5-8,11,13H,9-10H2,1-4H3. The second-order valence-electron chi connectivity index (χ2n) is 7.56. The van der Waals surface area contributed by atoms with E-state index in [0.29, 0.717) is 5.92 Å². The highest BCUT2D eigenvalue weighted by atomic mass is 16.7. The average Bonchev–Trinajstić information content (AvgIpc) is 3.12. The van der Waals surface area contributed by atoms with Crippen LogP contribution in [0.4, 0.5) is 0 Å². The van der Waals surface area contributed by atoms with E-state index in [2.05, 4.69) is 66.7 Å². The zero-order chi connectivity index (χ0) is 16.2. The molecule has 0 amide bonds. The molecule has 2 aliphatic rings. The molecular formula is C17H22BN3O2. The minimum Gasteiger partial charge on any atom is -0.399 e. The van der Waals surface area contributed by atoms with Crippen molar-refractivity contribution in [1.29, 1.82) is 0 Å². The first-order valence-electron chi connectivity index (χ1n) is 8.18. The molecule has 1 atom stereocenters. The molecular weight excluding hydrogens is 289 g/mol. The van der Waals surface area contributed by atoms with Crippen LogP contribution < -0.4 is 5.46 Å². The Bertz CT molecular complexity index is 687. The van der Waals surface area contributed by atoms with E-state index in [0.717, 1.165) is 24.3 Å². The summed E-state index contributed by atoms with van der Waals surface area (Å²) in [5.74, 6) is 1.55. The summed E-state index contributed by atoms with van der Waals surface area (Å²) in [5, 5.41) is 8.10. The predicted molar refractivity (Wildman–Crippen MR) is 88.6 cm³/mol. The molecule has 0 aliphatic carbocycles.